The van der Waals surface area contributed by atoms with Gasteiger partial charge in [0.15, 0.2) is 0 Å². The zero-order chi connectivity index (χ0) is 8.48. The molecule has 0 saturated heterocycles. The number of aliphatic hydroxyl groups excluding tert-OH is 1. The van der Waals surface area contributed by atoms with Gasteiger partial charge in [-0.2, -0.15) is 0 Å². The molecular weight excluding hydrogens is 140 g/mol. The average molecular weight is 154 g/mol. The molecule has 1 saturated carbocycles. The van der Waals surface area contributed by atoms with Gasteiger partial charge in [0, 0.05) is 6.42 Å². The molecule has 2 heteroatoms. The summed E-state index contributed by atoms with van der Waals surface area (Å²) in [7, 11) is 0. The van der Waals surface area contributed by atoms with E-state index in [0.29, 0.717) is 12.8 Å². The van der Waals surface area contributed by atoms with Gasteiger partial charge in [-0.15, -0.1) is 0 Å². The highest BCUT2D eigenvalue weighted by Crippen LogP contribution is 2.35. The lowest BCUT2D eigenvalue weighted by molar-refractivity contribution is -0.125. The maximum Gasteiger partial charge on any atom is 0.145 e. The third-order valence-electron chi connectivity index (χ3n) is 2.45. The van der Waals surface area contributed by atoms with Crippen LogP contribution in [0.1, 0.15) is 26.7 Å². The Labute approximate surface area is 66.9 Å². The number of allylic oxidation sites excluding steroid dienone is 1. The van der Waals surface area contributed by atoms with Crippen molar-refractivity contribution >= 4 is 5.78 Å². The molecule has 0 aromatic carbocycles. The van der Waals surface area contributed by atoms with Gasteiger partial charge in [-0.1, -0.05) is 12.2 Å². The molecule has 0 aliphatic heterocycles. The number of rotatable bonds is 1. The Morgan fingerprint density at radius 1 is 1.73 bits per heavy atom. The highest BCUT2D eigenvalue weighted by molar-refractivity contribution is 5.89. The van der Waals surface area contributed by atoms with Crippen LogP contribution in [0.3, 0.4) is 0 Å². The molecule has 2 atom stereocenters. The summed E-state index contributed by atoms with van der Waals surface area (Å²) in [5, 5.41) is 9.48. The summed E-state index contributed by atoms with van der Waals surface area (Å²) in [6.45, 7) is 3.66. The molecule has 0 unspecified atom stereocenters. The van der Waals surface area contributed by atoms with Crippen LogP contribution in [0.25, 0.3) is 0 Å². The predicted octanol–water partition coefficient (Wildman–Crippen LogP) is 1.29. The Balaban J connectivity index is 2.88. The van der Waals surface area contributed by atoms with Crippen molar-refractivity contribution < 1.29 is 9.90 Å². The molecule has 0 aromatic heterocycles. The lowest BCUT2D eigenvalue weighted by Gasteiger charge is -2.21. The minimum absolute atomic E-state index is 0.156. The zero-order valence-electron chi connectivity index (χ0n) is 7.00. The van der Waals surface area contributed by atoms with Gasteiger partial charge < -0.3 is 5.11 Å². The van der Waals surface area contributed by atoms with E-state index in [9.17, 15) is 9.90 Å². The summed E-state index contributed by atoms with van der Waals surface area (Å²) in [5.41, 5.74) is -0.602. The van der Waals surface area contributed by atoms with Crippen molar-refractivity contribution in [3.05, 3.63) is 12.2 Å². The monoisotopic (exact) mass is 154 g/mol. The van der Waals surface area contributed by atoms with E-state index < -0.39 is 11.5 Å². The van der Waals surface area contributed by atoms with Gasteiger partial charge in [-0.25, -0.2) is 0 Å². The van der Waals surface area contributed by atoms with Gasteiger partial charge in [0.1, 0.15) is 5.78 Å². The molecule has 0 radical (unpaired) electrons. The summed E-state index contributed by atoms with van der Waals surface area (Å²) in [6, 6.07) is 0. The van der Waals surface area contributed by atoms with E-state index in [4.69, 9.17) is 0 Å². The first-order chi connectivity index (χ1) is 5.11. The quantitative estimate of drug-likeness (QED) is 0.578. The second-order valence-corrected chi connectivity index (χ2v) is 3.26. The zero-order valence-corrected chi connectivity index (χ0v) is 7.00. The maximum absolute atomic E-state index is 11.3. The smallest absolute Gasteiger partial charge is 0.145 e. The molecule has 0 heterocycles. The Morgan fingerprint density at radius 2 is 2.36 bits per heavy atom. The van der Waals surface area contributed by atoms with Crippen LogP contribution in [0.4, 0.5) is 0 Å². The molecule has 1 fully saturated rings. The number of carbonyl (C=O) groups is 1. The fraction of sp³-hybridized carbons (Fsp3) is 0.667. The first-order valence-electron chi connectivity index (χ1n) is 3.96. The number of hydrogen-bond acceptors (Lipinski definition) is 2. The van der Waals surface area contributed by atoms with Crippen LogP contribution < -0.4 is 0 Å². The van der Waals surface area contributed by atoms with Crippen molar-refractivity contribution in [2.75, 3.05) is 0 Å². The highest BCUT2D eigenvalue weighted by Gasteiger charge is 2.42. The van der Waals surface area contributed by atoms with Crippen LogP contribution in [0.2, 0.25) is 0 Å². The van der Waals surface area contributed by atoms with Crippen molar-refractivity contribution in [2.24, 2.45) is 5.41 Å². The van der Waals surface area contributed by atoms with Gasteiger partial charge in [0.25, 0.3) is 0 Å². The van der Waals surface area contributed by atoms with Gasteiger partial charge in [0.2, 0.25) is 0 Å². The van der Waals surface area contributed by atoms with Crippen LogP contribution in [0, 0.1) is 5.41 Å². The SMILES string of the molecule is C/C=C/[C@]1(C)C(=O)CC[C@H]1O. The second kappa shape index (κ2) is 2.78. The number of Topliss-reactive ketones (excluding diaryl/α,β-unsaturated/α-hetero) is 1. The summed E-state index contributed by atoms with van der Waals surface area (Å²) in [5.74, 6) is 0.156. The molecule has 1 aliphatic rings. The average Bonchev–Trinajstić information content (AvgIpc) is 2.19. The largest absolute Gasteiger partial charge is 0.392 e. The van der Waals surface area contributed by atoms with Gasteiger partial charge >= 0.3 is 0 Å². The minimum atomic E-state index is -0.602. The lowest BCUT2D eigenvalue weighted by atomic mass is 9.85. The van der Waals surface area contributed by atoms with Crippen molar-refractivity contribution in [3.8, 4) is 0 Å². The van der Waals surface area contributed by atoms with Crippen molar-refractivity contribution in [3.63, 3.8) is 0 Å². The Bertz CT molecular complexity index is 196. The Hall–Kier alpha value is -0.630. The number of ketones is 1. The molecule has 2 nitrogen and oxygen atoms in total. The second-order valence-electron chi connectivity index (χ2n) is 3.26. The molecule has 1 aliphatic carbocycles. The molecule has 11 heavy (non-hydrogen) atoms. The Kier molecular flexibility index (Phi) is 2.14. The molecule has 62 valence electrons. The molecule has 0 spiro atoms. The normalized spacial score (nSPS) is 38.8. The third kappa shape index (κ3) is 1.23. The van der Waals surface area contributed by atoms with E-state index in [2.05, 4.69) is 0 Å². The predicted molar refractivity (Wildman–Crippen MR) is 43.2 cm³/mol. The number of aliphatic hydroxyl groups is 1. The molecule has 0 amide bonds. The first kappa shape index (κ1) is 8.47. The van der Waals surface area contributed by atoms with E-state index in [1.807, 2.05) is 13.0 Å². The molecule has 0 bridgehead atoms. The van der Waals surface area contributed by atoms with Crippen LogP contribution >= 0.6 is 0 Å². The van der Waals surface area contributed by atoms with Crippen LogP contribution in [-0.2, 0) is 4.79 Å². The van der Waals surface area contributed by atoms with Crippen molar-refractivity contribution in [2.45, 2.75) is 32.8 Å². The standard InChI is InChI=1S/C9H14O2/c1-3-6-9(2)7(10)4-5-8(9)11/h3,6-7,10H,4-5H2,1-2H3/b6-3+/t7-,9+/m1/s1. The van der Waals surface area contributed by atoms with Crippen LogP contribution in [0.5, 0.6) is 0 Å². The van der Waals surface area contributed by atoms with E-state index in [-0.39, 0.29) is 5.78 Å². The van der Waals surface area contributed by atoms with Crippen LogP contribution in [0.15, 0.2) is 12.2 Å². The lowest BCUT2D eigenvalue weighted by Crippen LogP contribution is -2.30. The van der Waals surface area contributed by atoms with E-state index in [1.165, 1.54) is 0 Å². The topological polar surface area (TPSA) is 37.3 Å². The maximum atomic E-state index is 11.3. The fourth-order valence-corrected chi connectivity index (χ4v) is 1.57. The van der Waals surface area contributed by atoms with E-state index in [0.717, 1.165) is 0 Å². The molecule has 1 rings (SSSR count). The Morgan fingerprint density at radius 3 is 2.73 bits per heavy atom. The van der Waals surface area contributed by atoms with Crippen molar-refractivity contribution in [1.82, 2.24) is 0 Å². The third-order valence-corrected chi connectivity index (χ3v) is 2.45. The fourth-order valence-electron chi connectivity index (χ4n) is 1.57. The van der Waals surface area contributed by atoms with E-state index in [1.54, 1.807) is 13.0 Å². The van der Waals surface area contributed by atoms with Crippen LogP contribution in [-0.4, -0.2) is 17.0 Å². The number of hydrogen-bond donors (Lipinski definition) is 1. The molecular formula is C9H14O2. The molecule has 1 N–H and O–H groups in total. The summed E-state index contributed by atoms with van der Waals surface area (Å²) >= 11 is 0. The summed E-state index contributed by atoms with van der Waals surface area (Å²) in [4.78, 5) is 11.3. The van der Waals surface area contributed by atoms with Gasteiger partial charge in [-0.05, 0) is 20.3 Å². The first-order valence-corrected chi connectivity index (χ1v) is 3.96. The van der Waals surface area contributed by atoms with Crippen molar-refractivity contribution in [1.29, 1.82) is 0 Å². The number of carbonyl (C=O) groups excluding carboxylic acids is 1. The molecule has 0 aromatic rings. The summed E-state index contributed by atoms with van der Waals surface area (Å²) < 4.78 is 0. The van der Waals surface area contributed by atoms with Gasteiger partial charge in [0.05, 0.1) is 11.5 Å². The van der Waals surface area contributed by atoms with Gasteiger partial charge in [-0.3, -0.25) is 4.79 Å². The highest BCUT2D eigenvalue weighted by atomic mass is 16.3. The minimum Gasteiger partial charge on any atom is -0.392 e. The summed E-state index contributed by atoms with van der Waals surface area (Å²) in [6.07, 6.45) is 4.27. The van der Waals surface area contributed by atoms with E-state index >= 15 is 0 Å².